The minimum atomic E-state index is 0. The second kappa shape index (κ2) is 6.83. The Bertz CT molecular complexity index is 186. The van der Waals surface area contributed by atoms with Crippen LogP contribution in [0.1, 0.15) is 12.0 Å². The van der Waals surface area contributed by atoms with Gasteiger partial charge in [0.15, 0.2) is 0 Å². The molecule has 0 bridgehead atoms. The van der Waals surface area contributed by atoms with Gasteiger partial charge in [0.05, 0.1) is 0 Å². The topological polar surface area (TPSA) is 44.2 Å². The first-order valence-corrected chi connectivity index (χ1v) is 3.96. The van der Waals surface area contributed by atoms with Gasteiger partial charge >= 0.3 is 0 Å². The van der Waals surface area contributed by atoms with Crippen LogP contribution in [0.15, 0.2) is 30.3 Å². The third-order valence-electron chi connectivity index (χ3n) is 1.66. The molecule has 2 heteroatoms. The van der Waals surface area contributed by atoms with Crippen LogP contribution in [0, 0.1) is 0 Å². The summed E-state index contributed by atoms with van der Waals surface area (Å²) >= 11 is 0. The lowest BCUT2D eigenvalue weighted by molar-refractivity contribution is 0.195. The standard InChI is InChI=1S/C10H14O.H3N/c1-11-9-5-8-10-6-3-2-4-7-10;/h2-4,6-7H,5,8-9H2,1H3;1H3. The highest BCUT2D eigenvalue weighted by atomic mass is 16.5. The summed E-state index contributed by atoms with van der Waals surface area (Å²) in [5.41, 5.74) is 1.39. The molecule has 0 fully saturated rings. The van der Waals surface area contributed by atoms with E-state index >= 15 is 0 Å². The van der Waals surface area contributed by atoms with Crippen molar-refractivity contribution in [1.29, 1.82) is 0 Å². The minimum absolute atomic E-state index is 0. The molecule has 0 aliphatic heterocycles. The highest BCUT2D eigenvalue weighted by Crippen LogP contribution is 2.01. The van der Waals surface area contributed by atoms with Crippen molar-refractivity contribution in [2.75, 3.05) is 13.7 Å². The third kappa shape index (κ3) is 4.11. The van der Waals surface area contributed by atoms with Crippen LogP contribution in [0.5, 0.6) is 0 Å². The Balaban J connectivity index is 0.00000121. The fourth-order valence-electron chi connectivity index (χ4n) is 1.07. The SMILES string of the molecule is COCCCc1ccccc1.N. The molecule has 1 rings (SSSR count). The zero-order chi connectivity index (χ0) is 7.94. The highest BCUT2D eigenvalue weighted by molar-refractivity contribution is 5.14. The lowest BCUT2D eigenvalue weighted by Gasteiger charge is -1.98. The first-order valence-electron chi connectivity index (χ1n) is 3.96. The maximum Gasteiger partial charge on any atom is 0.0465 e. The van der Waals surface area contributed by atoms with Crippen molar-refractivity contribution in [1.82, 2.24) is 6.15 Å². The van der Waals surface area contributed by atoms with E-state index in [9.17, 15) is 0 Å². The largest absolute Gasteiger partial charge is 0.385 e. The minimum Gasteiger partial charge on any atom is -0.385 e. The van der Waals surface area contributed by atoms with Gasteiger partial charge in [0.25, 0.3) is 0 Å². The average Bonchev–Trinajstić information content (AvgIpc) is 2.07. The molecule has 1 aromatic rings. The van der Waals surface area contributed by atoms with E-state index in [1.165, 1.54) is 5.56 Å². The second-order valence-corrected chi connectivity index (χ2v) is 2.58. The number of methoxy groups -OCH3 is 1. The lowest BCUT2D eigenvalue weighted by atomic mass is 10.1. The Kier molecular flexibility index (Phi) is 6.34. The van der Waals surface area contributed by atoms with E-state index in [-0.39, 0.29) is 6.15 Å². The van der Waals surface area contributed by atoms with Crippen molar-refractivity contribution in [3.05, 3.63) is 35.9 Å². The monoisotopic (exact) mass is 167 g/mol. The first kappa shape index (κ1) is 11.1. The van der Waals surface area contributed by atoms with Gasteiger partial charge in [0.2, 0.25) is 0 Å². The van der Waals surface area contributed by atoms with E-state index in [1.54, 1.807) is 7.11 Å². The van der Waals surface area contributed by atoms with Gasteiger partial charge in [-0.05, 0) is 18.4 Å². The molecule has 0 heterocycles. The van der Waals surface area contributed by atoms with Crippen LogP contribution in [-0.4, -0.2) is 13.7 Å². The average molecular weight is 167 g/mol. The Morgan fingerprint density at radius 3 is 2.42 bits per heavy atom. The van der Waals surface area contributed by atoms with Crippen LogP contribution in [0.4, 0.5) is 0 Å². The van der Waals surface area contributed by atoms with E-state index in [1.807, 2.05) is 6.07 Å². The fraction of sp³-hybridized carbons (Fsp3) is 0.400. The third-order valence-corrected chi connectivity index (χ3v) is 1.66. The molecule has 2 nitrogen and oxygen atoms in total. The van der Waals surface area contributed by atoms with Crippen molar-refractivity contribution in [3.8, 4) is 0 Å². The summed E-state index contributed by atoms with van der Waals surface area (Å²) < 4.78 is 4.96. The lowest BCUT2D eigenvalue weighted by Crippen LogP contribution is -1.91. The number of aryl methyl sites for hydroxylation is 1. The number of rotatable bonds is 4. The van der Waals surface area contributed by atoms with Gasteiger partial charge in [0.1, 0.15) is 0 Å². The zero-order valence-electron chi connectivity index (χ0n) is 7.62. The summed E-state index contributed by atoms with van der Waals surface area (Å²) in [6, 6.07) is 10.5. The normalized spacial score (nSPS) is 9.08. The van der Waals surface area contributed by atoms with Crippen molar-refractivity contribution >= 4 is 0 Å². The summed E-state index contributed by atoms with van der Waals surface area (Å²) in [7, 11) is 1.74. The number of benzene rings is 1. The Labute approximate surface area is 74.1 Å². The maximum absolute atomic E-state index is 4.96. The van der Waals surface area contributed by atoms with Crippen molar-refractivity contribution in [2.45, 2.75) is 12.8 Å². The van der Waals surface area contributed by atoms with E-state index in [0.29, 0.717) is 0 Å². The summed E-state index contributed by atoms with van der Waals surface area (Å²) in [5.74, 6) is 0. The summed E-state index contributed by atoms with van der Waals surface area (Å²) in [6.45, 7) is 0.856. The van der Waals surface area contributed by atoms with Gasteiger partial charge in [-0.25, -0.2) is 0 Å². The summed E-state index contributed by atoms with van der Waals surface area (Å²) in [5, 5.41) is 0. The number of hydrogen-bond donors (Lipinski definition) is 1. The van der Waals surface area contributed by atoms with Crippen LogP contribution in [0.25, 0.3) is 0 Å². The Morgan fingerprint density at radius 1 is 1.17 bits per heavy atom. The molecule has 68 valence electrons. The summed E-state index contributed by atoms with van der Waals surface area (Å²) in [6.07, 6.45) is 2.23. The molecule has 0 aliphatic carbocycles. The first-order chi connectivity index (χ1) is 5.43. The molecule has 0 atom stereocenters. The molecular weight excluding hydrogens is 150 g/mol. The van der Waals surface area contributed by atoms with Gasteiger partial charge in [-0.2, -0.15) is 0 Å². The Morgan fingerprint density at radius 2 is 1.83 bits per heavy atom. The van der Waals surface area contributed by atoms with E-state index < -0.39 is 0 Å². The zero-order valence-corrected chi connectivity index (χ0v) is 7.62. The van der Waals surface area contributed by atoms with Gasteiger partial charge in [-0.15, -0.1) is 0 Å². The fourth-order valence-corrected chi connectivity index (χ4v) is 1.07. The predicted molar refractivity (Wildman–Crippen MR) is 51.7 cm³/mol. The van der Waals surface area contributed by atoms with Gasteiger partial charge in [0, 0.05) is 13.7 Å². The van der Waals surface area contributed by atoms with Crippen LogP contribution >= 0.6 is 0 Å². The quantitative estimate of drug-likeness (QED) is 0.700. The predicted octanol–water partition coefficient (Wildman–Crippen LogP) is 2.43. The summed E-state index contributed by atoms with van der Waals surface area (Å²) in [4.78, 5) is 0. The van der Waals surface area contributed by atoms with Crippen LogP contribution in [-0.2, 0) is 11.2 Å². The molecule has 0 radical (unpaired) electrons. The molecule has 3 N–H and O–H groups in total. The van der Waals surface area contributed by atoms with E-state index in [2.05, 4.69) is 24.3 Å². The molecule has 0 aliphatic rings. The second-order valence-electron chi connectivity index (χ2n) is 2.58. The van der Waals surface area contributed by atoms with Crippen molar-refractivity contribution in [2.24, 2.45) is 0 Å². The Hall–Kier alpha value is -0.860. The van der Waals surface area contributed by atoms with Crippen molar-refractivity contribution < 1.29 is 4.74 Å². The molecule has 0 aromatic heterocycles. The molecule has 0 saturated carbocycles. The van der Waals surface area contributed by atoms with Crippen LogP contribution < -0.4 is 6.15 Å². The molecule has 12 heavy (non-hydrogen) atoms. The maximum atomic E-state index is 4.96. The smallest absolute Gasteiger partial charge is 0.0465 e. The number of hydrogen-bond acceptors (Lipinski definition) is 2. The van der Waals surface area contributed by atoms with Gasteiger partial charge < -0.3 is 10.9 Å². The van der Waals surface area contributed by atoms with Gasteiger partial charge in [-0.3, -0.25) is 0 Å². The molecule has 0 amide bonds. The highest BCUT2D eigenvalue weighted by Gasteiger charge is 1.89. The van der Waals surface area contributed by atoms with Crippen LogP contribution in [0.3, 0.4) is 0 Å². The number of ether oxygens (including phenoxy) is 1. The molecule has 0 unspecified atom stereocenters. The van der Waals surface area contributed by atoms with Crippen LogP contribution in [0.2, 0.25) is 0 Å². The van der Waals surface area contributed by atoms with E-state index in [4.69, 9.17) is 4.74 Å². The molecule has 1 aromatic carbocycles. The molecular formula is C10H17NO. The molecule has 0 saturated heterocycles. The van der Waals surface area contributed by atoms with Gasteiger partial charge in [-0.1, -0.05) is 30.3 Å². The molecule has 0 spiro atoms. The van der Waals surface area contributed by atoms with E-state index in [0.717, 1.165) is 19.4 Å². The van der Waals surface area contributed by atoms with Crippen molar-refractivity contribution in [3.63, 3.8) is 0 Å².